The van der Waals surface area contributed by atoms with E-state index in [0.717, 1.165) is 9.80 Å². The topological polar surface area (TPSA) is 239 Å². The van der Waals surface area contributed by atoms with Crippen molar-refractivity contribution in [3.63, 3.8) is 0 Å². The van der Waals surface area contributed by atoms with Gasteiger partial charge in [-0.15, -0.1) is 0 Å². The van der Waals surface area contributed by atoms with Gasteiger partial charge in [-0.25, -0.2) is 0 Å². The van der Waals surface area contributed by atoms with E-state index in [1.54, 1.807) is 0 Å². The number of hydrogen-bond donors (Lipinski definition) is 5. The third kappa shape index (κ3) is 12.4. The van der Waals surface area contributed by atoms with Gasteiger partial charge in [0.15, 0.2) is 0 Å². The number of aliphatic carboxylic acids is 5. The van der Waals surface area contributed by atoms with Crippen LogP contribution in [0.2, 0.25) is 0 Å². The van der Waals surface area contributed by atoms with Crippen molar-refractivity contribution in [2.75, 3.05) is 52.4 Å². The molecule has 0 aliphatic carbocycles. The van der Waals surface area contributed by atoms with Crippen LogP contribution in [0.4, 0.5) is 5.69 Å². The molecule has 0 saturated heterocycles. The summed E-state index contributed by atoms with van der Waals surface area (Å²) < 4.78 is 0. The summed E-state index contributed by atoms with van der Waals surface area (Å²) in [5.74, 6) is -6.53. The molecule has 0 heterocycles. The molecule has 0 saturated carbocycles. The van der Waals surface area contributed by atoms with E-state index in [1.807, 2.05) is 0 Å². The summed E-state index contributed by atoms with van der Waals surface area (Å²) in [6, 6.07) is 3.85. The summed E-state index contributed by atoms with van der Waals surface area (Å²) >= 11 is 0. The van der Waals surface area contributed by atoms with Crippen molar-refractivity contribution in [1.82, 2.24) is 14.7 Å². The van der Waals surface area contributed by atoms with E-state index in [-0.39, 0.29) is 38.3 Å². The quantitative estimate of drug-likeness (QED) is 0.105. The highest BCUT2D eigenvalue weighted by molar-refractivity contribution is 5.74. The molecule has 0 aromatic heterocycles. The lowest BCUT2D eigenvalue weighted by atomic mass is 10.0. The van der Waals surface area contributed by atoms with Gasteiger partial charge in [0.2, 0.25) is 0 Å². The van der Waals surface area contributed by atoms with Crippen LogP contribution in [0.1, 0.15) is 5.56 Å². The second-order valence-corrected chi connectivity index (χ2v) is 8.01. The standard InChI is InChI=1S/C21H28N4O12/c26-17(27)10-22(11-18(28)29)5-7-24(8-6-23(12-19(30)31)13-20(32)33)16(21(34)35)9-14-1-3-15(4-2-14)25(36)37/h1-4,16H,5-13H2,(H,26,27)(H,28,29)(H,30,31)(H,32,33)(H,34,35)/t16-/m0/s1. The maximum Gasteiger partial charge on any atom is 0.321 e. The lowest BCUT2D eigenvalue weighted by Gasteiger charge is -2.32. The van der Waals surface area contributed by atoms with Crippen LogP contribution in [-0.4, -0.2) is 133 Å². The van der Waals surface area contributed by atoms with Gasteiger partial charge < -0.3 is 25.5 Å². The minimum atomic E-state index is -1.32. The van der Waals surface area contributed by atoms with Gasteiger partial charge in [0.25, 0.3) is 5.69 Å². The third-order valence-electron chi connectivity index (χ3n) is 5.14. The maximum absolute atomic E-state index is 12.2. The molecule has 1 aromatic rings. The molecule has 16 heteroatoms. The highest BCUT2D eigenvalue weighted by Crippen LogP contribution is 2.16. The number of carboxylic acid groups (broad SMARTS) is 5. The van der Waals surface area contributed by atoms with Crippen LogP contribution < -0.4 is 0 Å². The zero-order valence-electron chi connectivity index (χ0n) is 19.6. The van der Waals surface area contributed by atoms with Gasteiger partial charge in [-0.3, -0.25) is 48.8 Å². The number of hydrogen-bond acceptors (Lipinski definition) is 10. The fraction of sp³-hybridized carbons (Fsp3) is 0.476. The molecular weight excluding hydrogens is 500 g/mol. The zero-order chi connectivity index (χ0) is 28.1. The Morgan fingerprint density at radius 2 is 1.08 bits per heavy atom. The highest BCUT2D eigenvalue weighted by Gasteiger charge is 2.28. The number of carbonyl (C=O) groups is 5. The van der Waals surface area contributed by atoms with E-state index in [1.165, 1.54) is 29.2 Å². The number of nitro benzene ring substituents is 1. The molecule has 0 fully saturated rings. The zero-order valence-corrected chi connectivity index (χ0v) is 19.6. The fourth-order valence-corrected chi connectivity index (χ4v) is 3.51. The average Bonchev–Trinajstić information content (AvgIpc) is 2.76. The summed E-state index contributed by atoms with van der Waals surface area (Å²) in [5.41, 5.74) is 0.215. The van der Waals surface area contributed by atoms with Crippen LogP contribution >= 0.6 is 0 Å². The fourth-order valence-electron chi connectivity index (χ4n) is 3.51. The Balaban J connectivity index is 3.19. The molecule has 0 bridgehead atoms. The van der Waals surface area contributed by atoms with Crippen molar-refractivity contribution in [3.8, 4) is 0 Å². The molecule has 0 spiro atoms. The van der Waals surface area contributed by atoms with Crippen LogP contribution in [0.5, 0.6) is 0 Å². The minimum absolute atomic E-state index is 0.150. The molecule has 16 nitrogen and oxygen atoms in total. The molecular formula is C21H28N4O12. The van der Waals surface area contributed by atoms with Gasteiger partial charge in [-0.1, -0.05) is 12.1 Å². The monoisotopic (exact) mass is 528 g/mol. The lowest BCUT2D eigenvalue weighted by molar-refractivity contribution is -0.384. The molecule has 0 radical (unpaired) electrons. The number of non-ortho nitro benzene ring substituents is 1. The second kappa shape index (κ2) is 15.1. The lowest BCUT2D eigenvalue weighted by Crippen LogP contribution is -2.50. The molecule has 1 atom stereocenters. The van der Waals surface area contributed by atoms with Crippen LogP contribution in [0, 0.1) is 10.1 Å². The van der Waals surface area contributed by atoms with E-state index in [0.29, 0.717) is 5.56 Å². The van der Waals surface area contributed by atoms with Crippen molar-refractivity contribution < 1.29 is 54.4 Å². The smallest absolute Gasteiger partial charge is 0.321 e. The average molecular weight is 528 g/mol. The maximum atomic E-state index is 12.2. The third-order valence-corrected chi connectivity index (χ3v) is 5.14. The molecule has 5 N–H and O–H groups in total. The van der Waals surface area contributed by atoms with Crippen molar-refractivity contribution in [2.24, 2.45) is 0 Å². The molecule has 204 valence electrons. The first-order chi connectivity index (χ1) is 17.3. The Hall–Kier alpha value is -4.15. The van der Waals surface area contributed by atoms with Crippen LogP contribution in [0.25, 0.3) is 0 Å². The largest absolute Gasteiger partial charge is 0.480 e. The van der Waals surface area contributed by atoms with Crippen LogP contribution in [0.3, 0.4) is 0 Å². The van der Waals surface area contributed by atoms with E-state index in [9.17, 15) is 39.2 Å². The molecule has 0 aliphatic rings. The molecule has 0 aliphatic heterocycles. The van der Waals surface area contributed by atoms with Crippen LogP contribution in [0.15, 0.2) is 24.3 Å². The Bertz CT molecular complexity index is 912. The number of rotatable bonds is 19. The summed E-state index contributed by atoms with van der Waals surface area (Å²) in [5, 5.41) is 57.0. The molecule has 0 unspecified atom stereocenters. The van der Waals surface area contributed by atoms with Gasteiger partial charge in [-0.05, 0) is 12.0 Å². The van der Waals surface area contributed by atoms with Gasteiger partial charge >= 0.3 is 29.8 Å². The van der Waals surface area contributed by atoms with Gasteiger partial charge in [0.05, 0.1) is 31.1 Å². The van der Waals surface area contributed by atoms with Gasteiger partial charge in [-0.2, -0.15) is 0 Å². The molecule has 37 heavy (non-hydrogen) atoms. The van der Waals surface area contributed by atoms with E-state index >= 15 is 0 Å². The second-order valence-electron chi connectivity index (χ2n) is 8.01. The van der Waals surface area contributed by atoms with Gasteiger partial charge in [0.1, 0.15) is 6.04 Å². The predicted molar refractivity (Wildman–Crippen MR) is 123 cm³/mol. The number of nitrogens with zero attached hydrogens (tertiary/aromatic N) is 4. The van der Waals surface area contributed by atoms with Crippen molar-refractivity contribution in [1.29, 1.82) is 0 Å². The number of nitro groups is 1. The normalized spacial score (nSPS) is 12.0. The minimum Gasteiger partial charge on any atom is -0.480 e. The van der Waals surface area contributed by atoms with E-state index in [4.69, 9.17) is 20.4 Å². The SMILES string of the molecule is O=C(O)CN(CCN(CCN(CC(=O)O)CC(=O)O)[C@@H](Cc1ccc([N+](=O)[O-])cc1)C(=O)O)CC(=O)O. The number of carboxylic acids is 5. The predicted octanol–water partition coefficient (Wildman–Crippen LogP) is -1.17. The molecule has 1 rings (SSSR count). The Labute approximate surface area is 210 Å². The van der Waals surface area contributed by atoms with E-state index < -0.39 is 67.0 Å². The van der Waals surface area contributed by atoms with Crippen molar-refractivity contribution in [2.45, 2.75) is 12.5 Å². The van der Waals surface area contributed by atoms with E-state index in [2.05, 4.69) is 0 Å². The highest BCUT2D eigenvalue weighted by atomic mass is 16.6. The Morgan fingerprint density at radius 1 is 0.703 bits per heavy atom. The Morgan fingerprint density at radius 3 is 1.38 bits per heavy atom. The first-order valence-electron chi connectivity index (χ1n) is 10.8. The first kappa shape index (κ1) is 30.9. The van der Waals surface area contributed by atoms with Crippen LogP contribution in [-0.2, 0) is 30.4 Å². The summed E-state index contributed by atoms with van der Waals surface area (Å²) in [6.45, 7) is -3.21. The summed E-state index contributed by atoms with van der Waals surface area (Å²) in [6.07, 6.45) is -0.150. The van der Waals surface area contributed by atoms with Crippen molar-refractivity contribution >= 4 is 35.5 Å². The molecule has 1 aromatic carbocycles. The summed E-state index contributed by atoms with van der Waals surface area (Å²) in [4.78, 5) is 70.3. The Kier molecular flexibility index (Phi) is 12.6. The van der Waals surface area contributed by atoms with Gasteiger partial charge in [0, 0.05) is 38.3 Å². The molecule has 0 amide bonds. The summed E-state index contributed by atoms with van der Waals surface area (Å²) in [7, 11) is 0. The first-order valence-corrected chi connectivity index (χ1v) is 10.8. The number of benzene rings is 1. The van der Waals surface area contributed by atoms with Crippen molar-refractivity contribution in [3.05, 3.63) is 39.9 Å².